The van der Waals surface area contributed by atoms with Gasteiger partial charge in [-0.05, 0) is 38.1 Å². The second-order valence-corrected chi connectivity index (χ2v) is 8.56. The number of carbonyl (C=O) groups is 2. The van der Waals surface area contributed by atoms with Crippen molar-refractivity contribution >= 4 is 51.6 Å². The summed E-state index contributed by atoms with van der Waals surface area (Å²) in [6, 6.07) is 6.65. The lowest BCUT2D eigenvalue weighted by Gasteiger charge is -2.12. The van der Waals surface area contributed by atoms with Gasteiger partial charge >= 0.3 is 0 Å². The van der Waals surface area contributed by atoms with E-state index in [2.05, 4.69) is 25.8 Å². The van der Waals surface area contributed by atoms with Crippen molar-refractivity contribution in [2.45, 2.75) is 37.3 Å². The third-order valence-electron chi connectivity index (χ3n) is 3.94. The zero-order valence-electron chi connectivity index (χ0n) is 15.8. The summed E-state index contributed by atoms with van der Waals surface area (Å²) in [5.74, 6) is 0.232. The monoisotopic (exact) mass is 450 g/mol. The Balaban J connectivity index is 1.61. The minimum Gasteiger partial charge on any atom is -0.345 e. The number of nitrogens with one attached hydrogen (secondary N) is 2. The molecule has 1 atom stereocenters. The van der Waals surface area contributed by atoms with E-state index in [0.29, 0.717) is 33.2 Å². The van der Waals surface area contributed by atoms with Crippen LogP contribution in [-0.4, -0.2) is 36.8 Å². The molecule has 0 aliphatic carbocycles. The van der Waals surface area contributed by atoms with Gasteiger partial charge in [-0.15, -0.1) is 21.5 Å². The van der Waals surface area contributed by atoms with Crippen molar-refractivity contribution in [3.05, 3.63) is 52.3 Å². The van der Waals surface area contributed by atoms with Gasteiger partial charge in [-0.1, -0.05) is 23.4 Å². The van der Waals surface area contributed by atoms with E-state index >= 15 is 0 Å². The molecule has 0 saturated carbocycles. The molecule has 1 aromatic carbocycles. The van der Waals surface area contributed by atoms with Crippen LogP contribution in [0.15, 0.2) is 41.0 Å². The van der Waals surface area contributed by atoms with Gasteiger partial charge in [0.25, 0.3) is 5.91 Å². The van der Waals surface area contributed by atoms with Gasteiger partial charge in [-0.2, -0.15) is 0 Å². The predicted molar refractivity (Wildman–Crippen MR) is 114 cm³/mol. The van der Waals surface area contributed by atoms with Crippen molar-refractivity contribution in [3.63, 3.8) is 0 Å². The number of halogens is 1. The van der Waals surface area contributed by atoms with E-state index in [-0.39, 0.29) is 23.6 Å². The first-order valence-electron chi connectivity index (χ1n) is 8.80. The third-order valence-corrected chi connectivity index (χ3v) is 5.96. The number of hydrogen-bond donors (Lipinski definition) is 2. The van der Waals surface area contributed by atoms with Gasteiger partial charge in [-0.25, -0.2) is 4.98 Å². The fraction of sp³-hybridized carbons (Fsp3) is 0.278. The maximum atomic E-state index is 12.3. The molecule has 3 rings (SSSR count). The largest absolute Gasteiger partial charge is 0.345 e. The smallest absolute Gasteiger partial charge is 0.251 e. The highest BCUT2D eigenvalue weighted by atomic mass is 35.5. The Bertz CT molecular complexity index is 975. The Kier molecular flexibility index (Phi) is 7.24. The van der Waals surface area contributed by atoms with Gasteiger partial charge in [0.1, 0.15) is 0 Å². The number of amides is 2. The van der Waals surface area contributed by atoms with E-state index in [4.69, 9.17) is 11.6 Å². The topological polar surface area (TPSA) is 102 Å². The first-order valence-corrected chi connectivity index (χ1v) is 10.9. The summed E-state index contributed by atoms with van der Waals surface area (Å²) < 4.78 is 1.87. The normalized spacial score (nSPS) is 11.8. The molecule has 0 fully saturated rings. The second-order valence-electron chi connectivity index (χ2n) is 5.92. The van der Waals surface area contributed by atoms with E-state index in [0.717, 1.165) is 0 Å². The molecule has 29 heavy (non-hydrogen) atoms. The molecular formula is C18H19ClN6O2S2. The standard InChI is InChI=1S/C18H19ClN6O2S2/c1-3-25-14(10-21-16(27)12-4-6-13(19)7-5-12)23-24-18(25)29-11(2)15(26)22-17-20-8-9-28-17/h4-9,11H,3,10H2,1-2H3,(H,21,27)(H,20,22,26)/t11-/m0/s1. The van der Waals surface area contributed by atoms with Gasteiger partial charge in [-0.3, -0.25) is 9.59 Å². The summed E-state index contributed by atoms with van der Waals surface area (Å²) in [4.78, 5) is 28.7. The number of anilines is 1. The number of benzene rings is 1. The highest BCUT2D eigenvalue weighted by Crippen LogP contribution is 2.24. The number of thiazole rings is 1. The molecule has 2 aromatic heterocycles. The van der Waals surface area contributed by atoms with Gasteiger partial charge in [0.2, 0.25) is 5.91 Å². The number of rotatable bonds is 8. The summed E-state index contributed by atoms with van der Waals surface area (Å²) in [7, 11) is 0. The van der Waals surface area contributed by atoms with Gasteiger partial charge < -0.3 is 15.2 Å². The quantitative estimate of drug-likeness (QED) is 0.509. The highest BCUT2D eigenvalue weighted by molar-refractivity contribution is 8.00. The van der Waals surface area contributed by atoms with E-state index in [1.165, 1.54) is 23.1 Å². The Labute approximate surface area is 181 Å². The molecule has 8 nitrogen and oxygen atoms in total. The van der Waals surface area contributed by atoms with Gasteiger partial charge in [0.15, 0.2) is 16.1 Å². The number of hydrogen-bond acceptors (Lipinski definition) is 7. The van der Waals surface area contributed by atoms with Crippen LogP contribution in [0, 0.1) is 0 Å². The lowest BCUT2D eigenvalue weighted by Crippen LogP contribution is -2.25. The molecule has 2 N–H and O–H groups in total. The van der Waals surface area contributed by atoms with Crippen molar-refractivity contribution in [1.29, 1.82) is 0 Å². The average molecular weight is 451 g/mol. The minimum absolute atomic E-state index is 0.159. The number of nitrogens with zero attached hydrogens (tertiary/aromatic N) is 4. The Morgan fingerprint density at radius 3 is 2.69 bits per heavy atom. The van der Waals surface area contributed by atoms with E-state index in [1.54, 1.807) is 42.8 Å². The molecule has 0 spiro atoms. The van der Waals surface area contributed by atoms with Gasteiger partial charge in [0.05, 0.1) is 11.8 Å². The van der Waals surface area contributed by atoms with Gasteiger partial charge in [0, 0.05) is 28.7 Å². The molecule has 0 bridgehead atoms. The van der Waals surface area contributed by atoms with Crippen LogP contribution in [-0.2, 0) is 17.9 Å². The summed E-state index contributed by atoms with van der Waals surface area (Å²) in [5.41, 5.74) is 0.513. The van der Waals surface area contributed by atoms with Crippen LogP contribution < -0.4 is 10.6 Å². The molecule has 0 radical (unpaired) electrons. The van der Waals surface area contributed by atoms with Crippen molar-refractivity contribution in [3.8, 4) is 0 Å². The average Bonchev–Trinajstić information content (AvgIpc) is 3.36. The molecule has 2 heterocycles. The molecule has 152 valence electrons. The molecule has 11 heteroatoms. The molecule has 2 amide bonds. The maximum absolute atomic E-state index is 12.3. The summed E-state index contributed by atoms with van der Waals surface area (Å²) in [6.07, 6.45) is 1.64. The summed E-state index contributed by atoms with van der Waals surface area (Å²) >= 11 is 8.51. The first kappa shape index (κ1) is 21.3. The molecule has 0 aliphatic rings. The Morgan fingerprint density at radius 2 is 2.03 bits per heavy atom. The van der Waals surface area contributed by atoms with Crippen LogP contribution in [0.4, 0.5) is 5.13 Å². The van der Waals surface area contributed by atoms with Crippen LogP contribution in [0.25, 0.3) is 0 Å². The first-order chi connectivity index (χ1) is 14.0. The van der Waals surface area contributed by atoms with Crippen LogP contribution in [0.2, 0.25) is 5.02 Å². The van der Waals surface area contributed by atoms with Crippen LogP contribution in [0.5, 0.6) is 0 Å². The van der Waals surface area contributed by atoms with Crippen molar-refractivity contribution in [2.75, 3.05) is 5.32 Å². The fourth-order valence-corrected chi connectivity index (χ4v) is 4.01. The predicted octanol–water partition coefficient (Wildman–Crippen LogP) is 3.46. The second kappa shape index (κ2) is 9.86. The molecule has 0 saturated heterocycles. The van der Waals surface area contributed by atoms with Crippen LogP contribution in [0.3, 0.4) is 0 Å². The molecular weight excluding hydrogens is 432 g/mol. The number of thioether (sulfide) groups is 1. The number of aromatic nitrogens is 4. The zero-order valence-corrected chi connectivity index (χ0v) is 18.1. The highest BCUT2D eigenvalue weighted by Gasteiger charge is 2.20. The zero-order chi connectivity index (χ0) is 20.8. The fourth-order valence-electron chi connectivity index (χ4n) is 2.42. The van der Waals surface area contributed by atoms with Crippen molar-refractivity contribution < 1.29 is 9.59 Å². The summed E-state index contributed by atoms with van der Waals surface area (Å²) in [6.45, 7) is 4.59. The lowest BCUT2D eigenvalue weighted by molar-refractivity contribution is -0.115. The Hall–Kier alpha value is -2.43. The number of carbonyl (C=O) groups excluding carboxylic acids is 2. The van der Waals surface area contributed by atoms with E-state index < -0.39 is 0 Å². The molecule has 0 unspecified atom stereocenters. The minimum atomic E-state index is -0.384. The molecule has 0 aliphatic heterocycles. The van der Waals surface area contributed by atoms with E-state index in [9.17, 15) is 9.59 Å². The van der Waals surface area contributed by atoms with Crippen molar-refractivity contribution in [1.82, 2.24) is 25.1 Å². The van der Waals surface area contributed by atoms with Crippen LogP contribution >= 0.6 is 34.7 Å². The van der Waals surface area contributed by atoms with Crippen molar-refractivity contribution in [2.24, 2.45) is 0 Å². The molecule has 3 aromatic rings. The Morgan fingerprint density at radius 1 is 1.28 bits per heavy atom. The lowest BCUT2D eigenvalue weighted by atomic mass is 10.2. The third kappa shape index (κ3) is 5.55. The summed E-state index contributed by atoms with van der Waals surface area (Å²) in [5, 5.41) is 17.1. The SMILES string of the molecule is CCn1c(CNC(=O)c2ccc(Cl)cc2)nnc1S[C@@H](C)C(=O)Nc1nccs1. The van der Waals surface area contributed by atoms with E-state index in [1.807, 2.05) is 11.5 Å². The maximum Gasteiger partial charge on any atom is 0.251 e. The van der Waals surface area contributed by atoms with Crippen LogP contribution in [0.1, 0.15) is 30.0 Å².